The normalized spacial score (nSPS) is 9.75. The Bertz CT molecular complexity index is 507. The van der Waals surface area contributed by atoms with Crippen molar-refractivity contribution in [1.82, 2.24) is 19.5 Å². The van der Waals surface area contributed by atoms with Gasteiger partial charge in [-0.05, 0) is 0 Å². The molecule has 2 heterocycles. The van der Waals surface area contributed by atoms with Gasteiger partial charge in [0.15, 0.2) is 0 Å². The molecule has 0 radical (unpaired) electrons. The highest BCUT2D eigenvalue weighted by molar-refractivity contribution is 5.29. The minimum absolute atomic E-state index is 0.375. The standard InChI is InChI=1S/C10H10N6/c1-12-9-6-14-8(5-15-9)7-16-3-2-13-10(16)4-11/h2-3,5-6H,7H2,1H3,(H,12,15). The first-order valence-corrected chi connectivity index (χ1v) is 4.73. The van der Waals surface area contributed by atoms with Crippen molar-refractivity contribution in [2.75, 3.05) is 12.4 Å². The highest BCUT2D eigenvalue weighted by Crippen LogP contribution is 2.03. The molecule has 0 amide bonds. The third-order valence-corrected chi connectivity index (χ3v) is 2.11. The van der Waals surface area contributed by atoms with Crippen LogP contribution in [-0.2, 0) is 6.54 Å². The smallest absolute Gasteiger partial charge is 0.213 e. The molecule has 80 valence electrons. The number of rotatable bonds is 3. The van der Waals surface area contributed by atoms with Gasteiger partial charge < -0.3 is 9.88 Å². The lowest BCUT2D eigenvalue weighted by molar-refractivity contribution is 0.755. The quantitative estimate of drug-likeness (QED) is 0.810. The Hall–Kier alpha value is -2.42. The van der Waals surface area contributed by atoms with Crippen molar-refractivity contribution in [3.05, 3.63) is 36.3 Å². The molecule has 2 rings (SSSR count). The molecule has 0 aromatic carbocycles. The van der Waals surface area contributed by atoms with Crippen LogP contribution in [0.1, 0.15) is 11.5 Å². The zero-order valence-corrected chi connectivity index (χ0v) is 8.75. The lowest BCUT2D eigenvalue weighted by Crippen LogP contribution is -2.04. The molecule has 0 aliphatic heterocycles. The zero-order valence-electron chi connectivity index (χ0n) is 8.75. The largest absolute Gasteiger partial charge is 0.372 e. The maximum Gasteiger partial charge on any atom is 0.213 e. The van der Waals surface area contributed by atoms with E-state index in [1.165, 1.54) is 0 Å². The Morgan fingerprint density at radius 3 is 2.88 bits per heavy atom. The Kier molecular flexibility index (Phi) is 2.78. The summed E-state index contributed by atoms with van der Waals surface area (Å²) < 4.78 is 1.73. The SMILES string of the molecule is CNc1cnc(Cn2ccnc2C#N)cn1. The summed E-state index contributed by atoms with van der Waals surface area (Å²) in [6.07, 6.45) is 6.66. The number of nitrogens with zero attached hydrogens (tertiary/aromatic N) is 5. The molecular formula is C10H10N6. The van der Waals surface area contributed by atoms with Crippen LogP contribution in [0.5, 0.6) is 0 Å². The van der Waals surface area contributed by atoms with E-state index in [1.807, 2.05) is 6.07 Å². The molecule has 0 saturated heterocycles. The van der Waals surface area contributed by atoms with E-state index in [2.05, 4.69) is 20.3 Å². The van der Waals surface area contributed by atoms with Crippen molar-refractivity contribution >= 4 is 5.82 Å². The monoisotopic (exact) mass is 214 g/mol. The predicted molar refractivity (Wildman–Crippen MR) is 57.6 cm³/mol. The van der Waals surface area contributed by atoms with Crippen LogP contribution in [0.25, 0.3) is 0 Å². The molecule has 0 unspecified atom stereocenters. The van der Waals surface area contributed by atoms with Crippen molar-refractivity contribution < 1.29 is 0 Å². The van der Waals surface area contributed by atoms with E-state index in [9.17, 15) is 0 Å². The van der Waals surface area contributed by atoms with Gasteiger partial charge in [-0.1, -0.05) is 0 Å². The van der Waals surface area contributed by atoms with Gasteiger partial charge in [0.05, 0.1) is 24.6 Å². The molecule has 1 N–H and O–H groups in total. The Balaban J connectivity index is 2.18. The average molecular weight is 214 g/mol. The number of hydrogen-bond acceptors (Lipinski definition) is 5. The third kappa shape index (κ3) is 1.98. The minimum atomic E-state index is 0.375. The summed E-state index contributed by atoms with van der Waals surface area (Å²) in [5, 5.41) is 11.7. The van der Waals surface area contributed by atoms with Crippen LogP contribution in [0.2, 0.25) is 0 Å². The summed E-state index contributed by atoms with van der Waals surface area (Å²) in [7, 11) is 1.79. The summed E-state index contributed by atoms with van der Waals surface area (Å²) in [6.45, 7) is 0.500. The van der Waals surface area contributed by atoms with Gasteiger partial charge in [0.1, 0.15) is 11.9 Å². The van der Waals surface area contributed by atoms with Gasteiger partial charge in [0.25, 0.3) is 0 Å². The predicted octanol–water partition coefficient (Wildman–Crippen LogP) is 0.635. The van der Waals surface area contributed by atoms with E-state index in [-0.39, 0.29) is 0 Å². The molecule has 0 fully saturated rings. The van der Waals surface area contributed by atoms with Crippen molar-refractivity contribution in [1.29, 1.82) is 5.26 Å². The van der Waals surface area contributed by atoms with E-state index in [0.717, 1.165) is 11.5 Å². The fourth-order valence-electron chi connectivity index (χ4n) is 1.29. The van der Waals surface area contributed by atoms with E-state index in [0.29, 0.717) is 12.4 Å². The number of hydrogen-bond donors (Lipinski definition) is 1. The molecule has 6 nitrogen and oxygen atoms in total. The lowest BCUT2D eigenvalue weighted by Gasteiger charge is -2.03. The second-order valence-electron chi connectivity index (χ2n) is 3.13. The summed E-state index contributed by atoms with van der Waals surface area (Å²) in [5.41, 5.74) is 0.786. The van der Waals surface area contributed by atoms with Gasteiger partial charge in [-0.25, -0.2) is 9.97 Å². The van der Waals surface area contributed by atoms with Crippen molar-refractivity contribution in [3.63, 3.8) is 0 Å². The maximum atomic E-state index is 8.79. The second kappa shape index (κ2) is 4.40. The Morgan fingerprint density at radius 2 is 2.25 bits per heavy atom. The molecule has 2 aromatic heterocycles. The minimum Gasteiger partial charge on any atom is -0.372 e. The van der Waals surface area contributed by atoms with Gasteiger partial charge in [0, 0.05) is 19.4 Å². The van der Waals surface area contributed by atoms with Crippen LogP contribution in [0.15, 0.2) is 24.8 Å². The van der Waals surface area contributed by atoms with Gasteiger partial charge in [-0.2, -0.15) is 5.26 Å². The highest BCUT2D eigenvalue weighted by Gasteiger charge is 2.03. The van der Waals surface area contributed by atoms with Crippen LogP contribution in [0.3, 0.4) is 0 Å². The average Bonchev–Trinajstić information content (AvgIpc) is 2.77. The van der Waals surface area contributed by atoms with Crippen LogP contribution in [0.4, 0.5) is 5.82 Å². The van der Waals surface area contributed by atoms with E-state index < -0.39 is 0 Å². The second-order valence-corrected chi connectivity index (χ2v) is 3.13. The lowest BCUT2D eigenvalue weighted by atomic mass is 10.4. The van der Waals surface area contributed by atoms with Crippen molar-refractivity contribution in [2.24, 2.45) is 0 Å². The first kappa shape index (κ1) is 10.1. The summed E-state index contributed by atoms with van der Waals surface area (Å²) in [4.78, 5) is 12.3. The van der Waals surface area contributed by atoms with Gasteiger partial charge in [-0.3, -0.25) is 4.98 Å². The number of nitrogens with one attached hydrogen (secondary N) is 1. The molecule has 0 atom stereocenters. The van der Waals surface area contributed by atoms with E-state index in [4.69, 9.17) is 5.26 Å². The van der Waals surface area contributed by atoms with Gasteiger partial charge in [-0.15, -0.1) is 0 Å². The van der Waals surface area contributed by atoms with E-state index in [1.54, 1.807) is 36.4 Å². The molecule has 2 aromatic rings. The fraction of sp³-hybridized carbons (Fsp3) is 0.200. The first-order valence-electron chi connectivity index (χ1n) is 4.73. The fourth-order valence-corrected chi connectivity index (χ4v) is 1.29. The first-order chi connectivity index (χ1) is 7.83. The Morgan fingerprint density at radius 1 is 1.38 bits per heavy atom. The maximum absolute atomic E-state index is 8.79. The van der Waals surface area contributed by atoms with E-state index >= 15 is 0 Å². The van der Waals surface area contributed by atoms with Crippen LogP contribution in [-0.4, -0.2) is 26.6 Å². The topological polar surface area (TPSA) is 79.4 Å². The molecule has 0 aliphatic carbocycles. The molecule has 16 heavy (non-hydrogen) atoms. The number of aromatic nitrogens is 4. The summed E-state index contributed by atoms with van der Waals surface area (Å²) >= 11 is 0. The zero-order chi connectivity index (χ0) is 11.4. The molecule has 0 saturated carbocycles. The van der Waals surface area contributed by atoms with Crippen LogP contribution < -0.4 is 5.32 Å². The Labute approximate surface area is 92.6 Å². The molecular weight excluding hydrogens is 204 g/mol. The van der Waals surface area contributed by atoms with Crippen molar-refractivity contribution in [3.8, 4) is 6.07 Å². The molecule has 0 aliphatic rings. The van der Waals surface area contributed by atoms with Gasteiger partial charge >= 0.3 is 0 Å². The highest BCUT2D eigenvalue weighted by atomic mass is 15.1. The number of anilines is 1. The van der Waals surface area contributed by atoms with Crippen molar-refractivity contribution in [2.45, 2.75) is 6.54 Å². The summed E-state index contributed by atoms with van der Waals surface area (Å²) in [5.74, 6) is 1.09. The molecule has 0 bridgehead atoms. The van der Waals surface area contributed by atoms with Crippen LogP contribution >= 0.6 is 0 Å². The third-order valence-electron chi connectivity index (χ3n) is 2.11. The van der Waals surface area contributed by atoms with Crippen LogP contribution in [0, 0.1) is 11.3 Å². The number of imidazole rings is 1. The summed E-state index contributed by atoms with van der Waals surface area (Å²) in [6, 6.07) is 2.01. The molecule has 6 heteroatoms. The van der Waals surface area contributed by atoms with Gasteiger partial charge in [0.2, 0.25) is 5.82 Å². The molecule has 0 spiro atoms. The number of nitriles is 1.